The van der Waals surface area contributed by atoms with Gasteiger partial charge in [0.1, 0.15) is 0 Å². The number of ether oxygens (including phenoxy) is 2. The van der Waals surface area contributed by atoms with Crippen molar-refractivity contribution in [1.82, 2.24) is 0 Å². The molecule has 0 aliphatic rings. The van der Waals surface area contributed by atoms with Crippen LogP contribution in [0.25, 0.3) is 6.08 Å². The van der Waals surface area contributed by atoms with Crippen LogP contribution in [0.3, 0.4) is 0 Å². The van der Waals surface area contributed by atoms with Crippen molar-refractivity contribution >= 4 is 6.08 Å². The Labute approximate surface area is 222 Å². The van der Waals surface area contributed by atoms with Gasteiger partial charge in [0.25, 0.3) is 0 Å². The second-order valence-electron chi connectivity index (χ2n) is 10.8. The Morgan fingerprint density at radius 2 is 1.33 bits per heavy atom. The Bertz CT molecular complexity index is 826. The van der Waals surface area contributed by atoms with E-state index in [9.17, 15) is 0 Å². The second kappa shape index (κ2) is 16.6. The van der Waals surface area contributed by atoms with E-state index < -0.39 is 17.5 Å². The summed E-state index contributed by atoms with van der Waals surface area (Å²) < 4.78 is 13.7. The summed E-state index contributed by atoms with van der Waals surface area (Å²) in [5.74, 6) is 0. The van der Waals surface area contributed by atoms with E-state index in [1.54, 1.807) is 0 Å². The van der Waals surface area contributed by atoms with Gasteiger partial charge in [0.2, 0.25) is 0 Å². The van der Waals surface area contributed by atoms with E-state index in [1.165, 1.54) is 29.6 Å². The molecule has 0 saturated carbocycles. The average molecular weight is 493 g/mol. The molecule has 0 amide bonds. The molecular weight excluding hydrogens is 440 g/mol. The fraction of sp³-hybridized carbons (Fsp3) is 0.529. The van der Waals surface area contributed by atoms with E-state index in [2.05, 4.69) is 110 Å². The summed E-state index contributed by atoms with van der Waals surface area (Å²) in [6, 6.07) is 10.5. The summed E-state index contributed by atoms with van der Waals surface area (Å²) in [6.07, 6.45) is 18.1. The summed E-state index contributed by atoms with van der Waals surface area (Å²) in [4.78, 5) is 0. The van der Waals surface area contributed by atoms with Gasteiger partial charge in [-0.15, -0.1) is 13.2 Å². The van der Waals surface area contributed by atoms with Gasteiger partial charge in [-0.2, -0.15) is 0 Å². The molecule has 0 aromatic heterocycles. The quantitative estimate of drug-likeness (QED) is 0.115. The number of benzene rings is 1. The van der Waals surface area contributed by atoms with Crippen LogP contribution < -0.4 is 0 Å². The second-order valence-corrected chi connectivity index (χ2v) is 10.8. The van der Waals surface area contributed by atoms with Crippen LogP contribution in [0.15, 0.2) is 84.5 Å². The normalized spacial score (nSPS) is 15.8. The van der Waals surface area contributed by atoms with E-state index in [0.717, 1.165) is 44.1 Å². The Morgan fingerprint density at radius 3 is 1.75 bits per heavy atom. The highest BCUT2D eigenvalue weighted by Gasteiger charge is 2.33. The summed E-state index contributed by atoms with van der Waals surface area (Å²) in [5.41, 5.74) is 3.93. The first-order chi connectivity index (χ1) is 17.1. The third-order valence-corrected chi connectivity index (χ3v) is 6.53. The zero-order chi connectivity index (χ0) is 27.0. The molecule has 200 valence electrons. The molecule has 0 heterocycles. The fourth-order valence-electron chi connectivity index (χ4n) is 3.98. The standard InChI is InChI=1S/C34H52O2/c1-10-13-15-24-31(27-30-22-16-14-17-23-30)32(35-33(8,11-2)25-18-20-28(4)5)36-34(9,12-3)26-19-21-29(6)7/h11-12,14,16-17,20-23,27,32H,2-3,10,13,15,18-19,24-26H2,1,4-9H3/b31-27+. The van der Waals surface area contributed by atoms with Crippen LogP contribution in [0.1, 0.15) is 105 Å². The van der Waals surface area contributed by atoms with Crippen molar-refractivity contribution in [3.63, 3.8) is 0 Å². The van der Waals surface area contributed by atoms with Crippen LogP contribution in [-0.2, 0) is 9.47 Å². The van der Waals surface area contributed by atoms with Gasteiger partial charge in [0, 0.05) is 0 Å². The zero-order valence-corrected chi connectivity index (χ0v) is 24.2. The number of rotatable bonds is 18. The molecule has 36 heavy (non-hydrogen) atoms. The predicted molar refractivity (Wildman–Crippen MR) is 159 cm³/mol. The van der Waals surface area contributed by atoms with Gasteiger partial charge < -0.3 is 9.47 Å². The van der Waals surface area contributed by atoms with Crippen LogP contribution in [0.4, 0.5) is 0 Å². The number of hydrogen-bond acceptors (Lipinski definition) is 2. The molecule has 0 saturated heterocycles. The Kier molecular flexibility index (Phi) is 14.7. The van der Waals surface area contributed by atoms with E-state index in [1.807, 2.05) is 12.2 Å². The minimum atomic E-state index is -0.515. The van der Waals surface area contributed by atoms with Gasteiger partial charge in [-0.05, 0) is 91.2 Å². The number of hydrogen-bond donors (Lipinski definition) is 0. The molecule has 2 unspecified atom stereocenters. The molecule has 1 aromatic carbocycles. The lowest BCUT2D eigenvalue weighted by Crippen LogP contribution is -2.40. The van der Waals surface area contributed by atoms with Gasteiger partial charge in [-0.25, -0.2) is 0 Å². The molecule has 2 atom stereocenters. The third kappa shape index (κ3) is 12.7. The summed E-state index contributed by atoms with van der Waals surface area (Å²) in [7, 11) is 0. The summed E-state index contributed by atoms with van der Waals surface area (Å²) in [5, 5.41) is 0. The first-order valence-electron chi connectivity index (χ1n) is 13.7. The van der Waals surface area contributed by atoms with E-state index in [0.29, 0.717) is 0 Å². The lowest BCUT2D eigenvalue weighted by molar-refractivity contribution is -0.211. The lowest BCUT2D eigenvalue weighted by Gasteiger charge is -2.38. The van der Waals surface area contributed by atoms with Crippen LogP contribution in [0.2, 0.25) is 0 Å². The van der Waals surface area contributed by atoms with Crippen molar-refractivity contribution in [2.24, 2.45) is 0 Å². The van der Waals surface area contributed by atoms with Crippen LogP contribution in [0.5, 0.6) is 0 Å². The molecule has 0 aliphatic heterocycles. The molecule has 2 heteroatoms. The van der Waals surface area contributed by atoms with Crippen molar-refractivity contribution in [3.8, 4) is 0 Å². The maximum Gasteiger partial charge on any atom is 0.182 e. The molecule has 0 fully saturated rings. The lowest BCUT2D eigenvalue weighted by atomic mass is 9.96. The fourth-order valence-corrected chi connectivity index (χ4v) is 3.98. The van der Waals surface area contributed by atoms with Gasteiger partial charge >= 0.3 is 0 Å². The van der Waals surface area contributed by atoms with Crippen LogP contribution >= 0.6 is 0 Å². The highest BCUT2D eigenvalue weighted by Crippen LogP contribution is 2.33. The maximum atomic E-state index is 6.86. The average Bonchev–Trinajstić information content (AvgIpc) is 2.83. The molecule has 1 rings (SSSR count). The SMILES string of the molecule is C=CC(C)(CCC=C(C)C)OC(OC(C)(C=C)CCC=C(C)C)/C(=C/c1ccccc1)CCCCC. The van der Waals surface area contributed by atoms with E-state index >= 15 is 0 Å². The van der Waals surface area contributed by atoms with Gasteiger partial charge in [0.15, 0.2) is 6.29 Å². The Hall–Kier alpha value is -2.16. The largest absolute Gasteiger partial charge is 0.338 e. The Balaban J connectivity index is 3.41. The van der Waals surface area contributed by atoms with Gasteiger partial charge in [0.05, 0.1) is 11.2 Å². The first-order valence-corrected chi connectivity index (χ1v) is 13.7. The van der Waals surface area contributed by atoms with Crippen LogP contribution in [0, 0.1) is 0 Å². The highest BCUT2D eigenvalue weighted by atomic mass is 16.7. The molecule has 0 N–H and O–H groups in total. The molecule has 1 aromatic rings. The monoisotopic (exact) mass is 492 g/mol. The van der Waals surface area contributed by atoms with Crippen molar-refractivity contribution in [1.29, 1.82) is 0 Å². The Morgan fingerprint density at radius 1 is 0.833 bits per heavy atom. The predicted octanol–water partition coefficient (Wildman–Crippen LogP) is 10.4. The first kappa shape index (κ1) is 31.9. The topological polar surface area (TPSA) is 18.5 Å². The molecule has 0 spiro atoms. The minimum absolute atomic E-state index is 0.494. The van der Waals surface area contributed by atoms with Gasteiger partial charge in [-0.1, -0.05) is 91.6 Å². The molecule has 0 radical (unpaired) electrons. The molecule has 0 bridgehead atoms. The van der Waals surface area contributed by atoms with Crippen molar-refractivity contribution in [2.75, 3.05) is 0 Å². The third-order valence-electron chi connectivity index (χ3n) is 6.53. The summed E-state index contributed by atoms with van der Waals surface area (Å²) in [6.45, 7) is 23.3. The molecule has 2 nitrogen and oxygen atoms in total. The van der Waals surface area contributed by atoms with E-state index in [-0.39, 0.29) is 0 Å². The van der Waals surface area contributed by atoms with Crippen molar-refractivity contribution in [2.45, 2.75) is 117 Å². The number of unbranched alkanes of at least 4 members (excludes halogenated alkanes) is 2. The zero-order valence-electron chi connectivity index (χ0n) is 24.2. The summed E-state index contributed by atoms with van der Waals surface area (Å²) >= 11 is 0. The van der Waals surface area contributed by atoms with Crippen molar-refractivity contribution in [3.05, 3.63) is 90.1 Å². The molecule has 0 aliphatic carbocycles. The molecular formula is C34H52O2. The van der Waals surface area contributed by atoms with Crippen molar-refractivity contribution < 1.29 is 9.47 Å². The smallest absolute Gasteiger partial charge is 0.182 e. The van der Waals surface area contributed by atoms with E-state index in [4.69, 9.17) is 9.47 Å². The van der Waals surface area contributed by atoms with Crippen LogP contribution in [-0.4, -0.2) is 17.5 Å². The highest BCUT2D eigenvalue weighted by molar-refractivity contribution is 5.53. The minimum Gasteiger partial charge on any atom is -0.338 e. The van der Waals surface area contributed by atoms with Gasteiger partial charge in [-0.3, -0.25) is 0 Å². The number of allylic oxidation sites excluding steroid dienone is 4. The maximum absolute atomic E-state index is 6.86.